The summed E-state index contributed by atoms with van der Waals surface area (Å²) in [5, 5.41) is 7.01. The Kier molecular flexibility index (Phi) is 4.64. The third-order valence-corrected chi connectivity index (χ3v) is 5.12. The highest BCUT2D eigenvalue weighted by atomic mass is 32.2. The predicted molar refractivity (Wildman–Crippen MR) is 77.0 cm³/mol. The standard InChI is InChI=1S/C12H21N5O3S/c1-9(12(18)17(3)10-4-5-13-6-10)15-21(19,20)11-7-14-16(2)8-11/h7-10,13,15H,4-6H2,1-3H3. The smallest absolute Gasteiger partial charge is 0.244 e. The molecule has 1 aliphatic heterocycles. The van der Waals surface area contributed by atoms with Gasteiger partial charge in [-0.3, -0.25) is 9.48 Å². The Hall–Kier alpha value is -1.45. The topological polar surface area (TPSA) is 96.3 Å². The second-order valence-electron chi connectivity index (χ2n) is 5.29. The third kappa shape index (κ3) is 3.60. The summed E-state index contributed by atoms with van der Waals surface area (Å²) in [7, 11) is -0.401. The minimum atomic E-state index is -3.74. The number of aromatic nitrogens is 2. The summed E-state index contributed by atoms with van der Waals surface area (Å²) < 4.78 is 28.1. The lowest BCUT2D eigenvalue weighted by molar-refractivity contribution is -0.133. The first-order valence-corrected chi connectivity index (χ1v) is 8.28. The lowest BCUT2D eigenvalue weighted by Gasteiger charge is -2.27. The van der Waals surface area contributed by atoms with Gasteiger partial charge >= 0.3 is 0 Å². The third-order valence-electron chi connectivity index (χ3n) is 3.62. The van der Waals surface area contributed by atoms with Crippen molar-refractivity contribution in [1.29, 1.82) is 0 Å². The van der Waals surface area contributed by atoms with Crippen LogP contribution < -0.4 is 10.0 Å². The van der Waals surface area contributed by atoms with Crippen LogP contribution in [0.1, 0.15) is 13.3 Å². The molecule has 118 valence electrons. The van der Waals surface area contributed by atoms with Gasteiger partial charge in [-0.05, 0) is 19.9 Å². The summed E-state index contributed by atoms with van der Waals surface area (Å²) >= 11 is 0. The number of amides is 1. The summed E-state index contributed by atoms with van der Waals surface area (Å²) in [6, 6.07) is -0.705. The van der Waals surface area contributed by atoms with E-state index in [4.69, 9.17) is 0 Å². The summed E-state index contributed by atoms with van der Waals surface area (Å²) in [6.45, 7) is 3.16. The number of hydrogen-bond donors (Lipinski definition) is 2. The van der Waals surface area contributed by atoms with Gasteiger partial charge in [-0.15, -0.1) is 0 Å². The van der Waals surface area contributed by atoms with Crippen molar-refractivity contribution in [2.24, 2.45) is 7.05 Å². The Morgan fingerprint density at radius 3 is 2.86 bits per heavy atom. The largest absolute Gasteiger partial charge is 0.340 e. The molecule has 21 heavy (non-hydrogen) atoms. The molecule has 2 N–H and O–H groups in total. The van der Waals surface area contributed by atoms with Crippen molar-refractivity contribution in [3.05, 3.63) is 12.4 Å². The van der Waals surface area contributed by atoms with Crippen molar-refractivity contribution in [3.63, 3.8) is 0 Å². The molecule has 0 saturated carbocycles. The number of sulfonamides is 1. The Labute approximate surface area is 124 Å². The molecule has 1 fully saturated rings. The van der Waals surface area contributed by atoms with Gasteiger partial charge in [0.25, 0.3) is 0 Å². The second kappa shape index (κ2) is 6.12. The van der Waals surface area contributed by atoms with Gasteiger partial charge in [0.05, 0.1) is 12.2 Å². The lowest BCUT2D eigenvalue weighted by atomic mass is 10.2. The van der Waals surface area contributed by atoms with Crippen LogP contribution in [0.25, 0.3) is 0 Å². The minimum Gasteiger partial charge on any atom is -0.340 e. The molecular formula is C12H21N5O3S. The molecular weight excluding hydrogens is 294 g/mol. The van der Waals surface area contributed by atoms with E-state index in [2.05, 4.69) is 15.1 Å². The zero-order valence-electron chi connectivity index (χ0n) is 12.4. The fraction of sp³-hybridized carbons (Fsp3) is 0.667. The zero-order valence-corrected chi connectivity index (χ0v) is 13.2. The van der Waals surface area contributed by atoms with Crippen LogP contribution in [0.5, 0.6) is 0 Å². The van der Waals surface area contributed by atoms with Gasteiger partial charge in [-0.25, -0.2) is 8.42 Å². The number of nitrogens with one attached hydrogen (secondary N) is 2. The Bertz CT molecular complexity index is 606. The van der Waals surface area contributed by atoms with Crippen molar-refractivity contribution < 1.29 is 13.2 Å². The quantitative estimate of drug-likeness (QED) is 0.719. The number of hydrogen-bond acceptors (Lipinski definition) is 5. The molecule has 0 bridgehead atoms. The van der Waals surface area contributed by atoms with Crippen molar-refractivity contribution >= 4 is 15.9 Å². The SMILES string of the molecule is CC(NS(=O)(=O)c1cnn(C)c1)C(=O)N(C)C1CCNC1. The van der Waals surface area contributed by atoms with Crippen LogP contribution in [0.3, 0.4) is 0 Å². The van der Waals surface area contributed by atoms with Gasteiger partial charge in [0, 0.05) is 32.9 Å². The Morgan fingerprint density at radius 2 is 2.33 bits per heavy atom. The maximum absolute atomic E-state index is 12.3. The molecule has 2 atom stereocenters. The van der Waals surface area contributed by atoms with Crippen molar-refractivity contribution in [1.82, 2.24) is 24.7 Å². The van der Waals surface area contributed by atoms with E-state index in [0.29, 0.717) is 0 Å². The monoisotopic (exact) mass is 315 g/mol. The number of carbonyl (C=O) groups is 1. The highest BCUT2D eigenvalue weighted by molar-refractivity contribution is 7.89. The van der Waals surface area contributed by atoms with Crippen LogP contribution in [0.15, 0.2) is 17.3 Å². The van der Waals surface area contributed by atoms with Gasteiger partial charge < -0.3 is 10.2 Å². The molecule has 0 aliphatic carbocycles. The fourth-order valence-electron chi connectivity index (χ4n) is 2.34. The average Bonchev–Trinajstić information content (AvgIpc) is 3.07. The highest BCUT2D eigenvalue weighted by Gasteiger charge is 2.29. The van der Waals surface area contributed by atoms with Crippen LogP contribution >= 0.6 is 0 Å². The van der Waals surface area contributed by atoms with E-state index in [1.54, 1.807) is 25.9 Å². The van der Waals surface area contributed by atoms with Crippen molar-refractivity contribution in [2.45, 2.75) is 30.3 Å². The van der Waals surface area contributed by atoms with Gasteiger partial charge in [0.2, 0.25) is 15.9 Å². The number of rotatable bonds is 5. The summed E-state index contributed by atoms with van der Waals surface area (Å²) in [5.74, 6) is -0.240. The van der Waals surface area contributed by atoms with E-state index in [1.165, 1.54) is 17.1 Å². The van der Waals surface area contributed by atoms with Crippen molar-refractivity contribution in [2.75, 3.05) is 20.1 Å². The van der Waals surface area contributed by atoms with Crippen LogP contribution in [0.4, 0.5) is 0 Å². The molecule has 0 radical (unpaired) electrons. The first-order valence-electron chi connectivity index (χ1n) is 6.79. The van der Waals surface area contributed by atoms with E-state index in [0.717, 1.165) is 19.5 Å². The molecule has 8 nitrogen and oxygen atoms in total. The maximum Gasteiger partial charge on any atom is 0.244 e. The van der Waals surface area contributed by atoms with Gasteiger partial charge in [-0.2, -0.15) is 9.82 Å². The molecule has 1 saturated heterocycles. The van der Waals surface area contributed by atoms with Crippen LogP contribution in [0, 0.1) is 0 Å². The highest BCUT2D eigenvalue weighted by Crippen LogP contribution is 2.11. The minimum absolute atomic E-state index is 0.0508. The predicted octanol–water partition coefficient (Wildman–Crippen LogP) is -1.09. The van der Waals surface area contributed by atoms with E-state index in [1.807, 2.05) is 0 Å². The second-order valence-corrected chi connectivity index (χ2v) is 7.00. The molecule has 1 aromatic heterocycles. The van der Waals surface area contributed by atoms with E-state index >= 15 is 0 Å². The first kappa shape index (κ1) is 15.9. The van der Waals surface area contributed by atoms with E-state index in [-0.39, 0.29) is 16.8 Å². The molecule has 2 unspecified atom stereocenters. The summed E-state index contributed by atoms with van der Waals surface area (Å²) in [4.78, 5) is 14.0. The molecule has 2 heterocycles. The average molecular weight is 315 g/mol. The van der Waals surface area contributed by atoms with Crippen LogP contribution in [0.2, 0.25) is 0 Å². The zero-order chi connectivity index (χ0) is 15.6. The van der Waals surface area contributed by atoms with Gasteiger partial charge in [0.15, 0.2) is 0 Å². The lowest BCUT2D eigenvalue weighted by Crippen LogP contribution is -2.49. The molecule has 1 amide bonds. The molecule has 2 rings (SSSR count). The first-order chi connectivity index (χ1) is 9.81. The number of likely N-dealkylation sites (N-methyl/N-ethyl adjacent to an activating group) is 1. The number of nitrogens with zero attached hydrogens (tertiary/aromatic N) is 3. The van der Waals surface area contributed by atoms with Crippen LogP contribution in [-0.2, 0) is 21.9 Å². The molecule has 9 heteroatoms. The fourth-order valence-corrected chi connectivity index (χ4v) is 3.52. The maximum atomic E-state index is 12.3. The van der Waals surface area contributed by atoms with E-state index in [9.17, 15) is 13.2 Å². The molecule has 0 spiro atoms. The van der Waals surface area contributed by atoms with Gasteiger partial charge in [-0.1, -0.05) is 0 Å². The Balaban J connectivity index is 2.03. The van der Waals surface area contributed by atoms with Crippen molar-refractivity contribution in [3.8, 4) is 0 Å². The van der Waals surface area contributed by atoms with E-state index < -0.39 is 16.1 Å². The van der Waals surface area contributed by atoms with Gasteiger partial charge in [0.1, 0.15) is 4.90 Å². The Morgan fingerprint density at radius 1 is 1.62 bits per heavy atom. The molecule has 1 aromatic rings. The number of aryl methyl sites for hydroxylation is 1. The summed E-state index contributed by atoms with van der Waals surface area (Å²) in [6.07, 6.45) is 3.53. The van der Waals surface area contributed by atoms with Crippen LogP contribution in [-0.4, -0.2) is 61.2 Å². The molecule has 0 aromatic carbocycles. The number of carbonyl (C=O) groups excluding carboxylic acids is 1. The summed E-state index contributed by atoms with van der Waals surface area (Å²) in [5.41, 5.74) is 0. The molecule has 1 aliphatic rings. The normalized spacial score (nSPS) is 20.4.